The Bertz CT molecular complexity index is 399. The molecule has 106 valence electrons. The highest BCUT2D eigenvalue weighted by molar-refractivity contribution is 9.10. The third-order valence-corrected chi connectivity index (χ3v) is 3.43. The van der Waals surface area contributed by atoms with Gasteiger partial charge in [-0.3, -0.25) is 4.79 Å². The van der Waals surface area contributed by atoms with E-state index in [0.29, 0.717) is 19.7 Å². The minimum atomic E-state index is 0.00987. The molecule has 0 heterocycles. The molecule has 1 rings (SSSR count). The van der Waals surface area contributed by atoms with Crippen LogP contribution in [0.3, 0.4) is 0 Å². The zero-order chi connectivity index (χ0) is 14.1. The van der Waals surface area contributed by atoms with Crippen LogP contribution in [-0.4, -0.2) is 38.8 Å². The van der Waals surface area contributed by atoms with Gasteiger partial charge in [-0.1, -0.05) is 34.1 Å². The molecule has 0 saturated heterocycles. The largest absolute Gasteiger partial charge is 0.383 e. The molecule has 0 saturated carbocycles. The van der Waals surface area contributed by atoms with Gasteiger partial charge < -0.3 is 15.4 Å². The minimum absolute atomic E-state index is 0.00987. The summed E-state index contributed by atoms with van der Waals surface area (Å²) in [6, 6.07) is 8.16. The molecule has 0 spiro atoms. The lowest BCUT2D eigenvalue weighted by molar-refractivity contribution is -0.120. The maximum atomic E-state index is 11.7. The fourth-order valence-electron chi connectivity index (χ4n) is 1.75. The van der Waals surface area contributed by atoms with E-state index < -0.39 is 0 Å². The van der Waals surface area contributed by atoms with Crippen LogP contribution in [0.25, 0.3) is 0 Å². The first kappa shape index (κ1) is 16.1. The molecule has 0 radical (unpaired) electrons. The van der Waals surface area contributed by atoms with Crippen molar-refractivity contribution in [1.29, 1.82) is 0 Å². The maximum Gasteiger partial charge on any atom is 0.234 e. The summed E-state index contributed by atoms with van der Waals surface area (Å²) in [7, 11) is 1.64. The predicted molar refractivity (Wildman–Crippen MR) is 80.2 cm³/mol. The average Bonchev–Trinajstić information content (AvgIpc) is 2.37. The number of hydrogen-bond donors (Lipinski definition) is 2. The average molecular weight is 329 g/mol. The van der Waals surface area contributed by atoms with Crippen LogP contribution >= 0.6 is 15.9 Å². The van der Waals surface area contributed by atoms with E-state index >= 15 is 0 Å². The van der Waals surface area contributed by atoms with Crippen molar-refractivity contribution >= 4 is 21.8 Å². The second-order valence-electron chi connectivity index (χ2n) is 4.43. The van der Waals surface area contributed by atoms with Crippen molar-refractivity contribution < 1.29 is 9.53 Å². The highest BCUT2D eigenvalue weighted by Crippen LogP contribution is 2.17. The molecule has 19 heavy (non-hydrogen) atoms. The third-order valence-electron chi connectivity index (χ3n) is 2.66. The molecule has 1 unspecified atom stereocenters. The number of nitrogens with one attached hydrogen (secondary N) is 2. The molecular weight excluding hydrogens is 308 g/mol. The van der Waals surface area contributed by atoms with Crippen molar-refractivity contribution in [2.45, 2.75) is 19.4 Å². The smallest absolute Gasteiger partial charge is 0.234 e. The minimum Gasteiger partial charge on any atom is -0.383 e. The van der Waals surface area contributed by atoms with Crippen LogP contribution in [0.15, 0.2) is 28.7 Å². The van der Waals surface area contributed by atoms with E-state index in [1.54, 1.807) is 7.11 Å². The van der Waals surface area contributed by atoms with Crippen molar-refractivity contribution in [2.24, 2.45) is 0 Å². The van der Waals surface area contributed by atoms with Gasteiger partial charge in [-0.15, -0.1) is 0 Å². The van der Waals surface area contributed by atoms with Crippen LogP contribution in [0.5, 0.6) is 0 Å². The number of carbonyl (C=O) groups is 1. The number of carbonyl (C=O) groups excluding carboxylic acids is 1. The van der Waals surface area contributed by atoms with Crippen molar-refractivity contribution in [1.82, 2.24) is 10.6 Å². The Balaban J connectivity index is 2.29. The van der Waals surface area contributed by atoms with Crippen LogP contribution < -0.4 is 10.6 Å². The summed E-state index contributed by atoms with van der Waals surface area (Å²) in [4.78, 5) is 11.7. The van der Waals surface area contributed by atoms with Crippen LogP contribution in [0.4, 0.5) is 0 Å². The Morgan fingerprint density at radius 2 is 2.16 bits per heavy atom. The van der Waals surface area contributed by atoms with Gasteiger partial charge in [0.25, 0.3) is 0 Å². The van der Waals surface area contributed by atoms with Gasteiger partial charge in [0.05, 0.1) is 13.2 Å². The van der Waals surface area contributed by atoms with Gasteiger partial charge in [-0.25, -0.2) is 0 Å². The van der Waals surface area contributed by atoms with E-state index in [4.69, 9.17) is 4.74 Å². The zero-order valence-electron chi connectivity index (χ0n) is 11.4. The Morgan fingerprint density at radius 3 is 2.84 bits per heavy atom. The highest BCUT2D eigenvalue weighted by Gasteiger charge is 2.09. The summed E-state index contributed by atoms with van der Waals surface area (Å²) in [6.07, 6.45) is 0.811. The second-order valence-corrected chi connectivity index (χ2v) is 5.29. The number of halogens is 1. The standard InChI is InChI=1S/C14H21BrN2O2/c1-11(9-12-5-3-4-6-13(12)15)17-14(18)10-16-7-8-19-2/h3-6,11,16H,7-10H2,1-2H3,(H,17,18). The quantitative estimate of drug-likeness (QED) is 0.714. The first-order valence-corrected chi connectivity index (χ1v) is 7.15. The van der Waals surface area contributed by atoms with E-state index in [1.165, 1.54) is 5.56 Å². The molecule has 0 aliphatic carbocycles. The molecule has 5 heteroatoms. The van der Waals surface area contributed by atoms with Gasteiger partial charge in [0.15, 0.2) is 0 Å². The monoisotopic (exact) mass is 328 g/mol. The first-order valence-electron chi connectivity index (χ1n) is 6.36. The Morgan fingerprint density at radius 1 is 1.42 bits per heavy atom. The topological polar surface area (TPSA) is 50.4 Å². The molecule has 1 aromatic carbocycles. The predicted octanol–water partition coefficient (Wildman–Crippen LogP) is 1.73. The number of amides is 1. The molecule has 2 N–H and O–H groups in total. The normalized spacial score (nSPS) is 12.2. The summed E-state index contributed by atoms with van der Waals surface area (Å²) in [5.74, 6) is 0.00987. The first-order chi connectivity index (χ1) is 9.13. The lowest BCUT2D eigenvalue weighted by Crippen LogP contribution is -2.40. The Labute approximate surface area is 123 Å². The van der Waals surface area contributed by atoms with E-state index in [-0.39, 0.29) is 11.9 Å². The van der Waals surface area contributed by atoms with Gasteiger partial charge in [0, 0.05) is 24.2 Å². The van der Waals surface area contributed by atoms with Gasteiger partial charge >= 0.3 is 0 Å². The van der Waals surface area contributed by atoms with Crippen molar-refractivity contribution in [2.75, 3.05) is 26.8 Å². The summed E-state index contributed by atoms with van der Waals surface area (Å²) in [5.41, 5.74) is 1.20. The number of hydrogen-bond acceptors (Lipinski definition) is 3. The second kappa shape index (κ2) is 9.07. The van der Waals surface area contributed by atoms with E-state index in [2.05, 4.69) is 32.6 Å². The summed E-state index contributed by atoms with van der Waals surface area (Å²) < 4.78 is 5.98. The van der Waals surface area contributed by atoms with Crippen molar-refractivity contribution in [3.8, 4) is 0 Å². The molecule has 1 aromatic rings. The fraction of sp³-hybridized carbons (Fsp3) is 0.500. The molecule has 1 atom stereocenters. The number of rotatable bonds is 8. The molecule has 0 aromatic heterocycles. The maximum absolute atomic E-state index is 11.7. The van der Waals surface area contributed by atoms with Gasteiger partial charge in [-0.05, 0) is 25.0 Å². The van der Waals surface area contributed by atoms with E-state index in [0.717, 1.165) is 10.9 Å². The summed E-state index contributed by atoms with van der Waals surface area (Å²) in [6.45, 7) is 3.62. The van der Waals surface area contributed by atoms with Crippen molar-refractivity contribution in [3.63, 3.8) is 0 Å². The van der Waals surface area contributed by atoms with E-state index in [9.17, 15) is 4.79 Å². The number of benzene rings is 1. The van der Waals surface area contributed by atoms with Gasteiger partial charge in [-0.2, -0.15) is 0 Å². The van der Waals surface area contributed by atoms with Crippen LogP contribution in [0, 0.1) is 0 Å². The molecule has 0 aliphatic rings. The molecule has 4 nitrogen and oxygen atoms in total. The third kappa shape index (κ3) is 6.71. The fourth-order valence-corrected chi connectivity index (χ4v) is 2.19. The zero-order valence-corrected chi connectivity index (χ0v) is 13.0. The van der Waals surface area contributed by atoms with Gasteiger partial charge in [0.1, 0.15) is 0 Å². The Hall–Kier alpha value is -0.910. The molecule has 0 aliphatic heterocycles. The van der Waals surface area contributed by atoms with Crippen LogP contribution in [0.1, 0.15) is 12.5 Å². The van der Waals surface area contributed by atoms with E-state index in [1.807, 2.05) is 25.1 Å². The SMILES string of the molecule is COCCNCC(=O)NC(C)Cc1ccccc1Br. The van der Waals surface area contributed by atoms with Gasteiger partial charge in [0.2, 0.25) is 5.91 Å². The number of ether oxygens (including phenoxy) is 1. The lowest BCUT2D eigenvalue weighted by atomic mass is 10.1. The molecule has 0 fully saturated rings. The van der Waals surface area contributed by atoms with Crippen molar-refractivity contribution in [3.05, 3.63) is 34.3 Å². The van der Waals surface area contributed by atoms with Crippen LogP contribution in [-0.2, 0) is 16.0 Å². The summed E-state index contributed by atoms with van der Waals surface area (Å²) >= 11 is 3.51. The Kier molecular flexibility index (Phi) is 7.70. The summed E-state index contributed by atoms with van der Waals surface area (Å²) in [5, 5.41) is 5.99. The highest BCUT2D eigenvalue weighted by atomic mass is 79.9. The molecule has 0 bridgehead atoms. The lowest BCUT2D eigenvalue weighted by Gasteiger charge is -2.15. The van der Waals surface area contributed by atoms with Crippen LogP contribution in [0.2, 0.25) is 0 Å². The molecular formula is C14H21BrN2O2. The number of methoxy groups -OCH3 is 1. The molecule has 1 amide bonds.